The third kappa shape index (κ3) is 6.90. The largest absolute Gasteiger partial charge is 0.472 e. The van der Waals surface area contributed by atoms with Crippen molar-refractivity contribution >= 4 is 7.82 Å². The monoisotopic (exact) mass is 390 g/mol. The summed E-state index contributed by atoms with van der Waals surface area (Å²) in [6, 6.07) is 16.3. The molecule has 0 aliphatic carbocycles. The average Bonchev–Trinajstić information content (AvgIpc) is 2.65. The van der Waals surface area contributed by atoms with Crippen LogP contribution in [0.25, 0.3) is 0 Å². The molecule has 0 saturated heterocycles. The van der Waals surface area contributed by atoms with Gasteiger partial charge in [-0.05, 0) is 37.8 Å². The highest BCUT2D eigenvalue weighted by Crippen LogP contribution is 2.45. The van der Waals surface area contributed by atoms with Gasteiger partial charge >= 0.3 is 7.82 Å². The predicted octanol–water partition coefficient (Wildman–Crippen LogP) is 6.12. The first-order chi connectivity index (χ1) is 12.8. The Morgan fingerprint density at radius 3 is 1.41 bits per heavy atom. The normalized spacial score (nSPS) is 15.9. The summed E-state index contributed by atoms with van der Waals surface area (Å²) in [5.41, 5.74) is 4.59. The molecule has 0 bridgehead atoms. The molecule has 2 atom stereocenters. The van der Waals surface area contributed by atoms with Crippen molar-refractivity contribution in [3.05, 3.63) is 70.8 Å². The number of benzene rings is 2. The first-order valence-electron chi connectivity index (χ1n) is 9.59. The van der Waals surface area contributed by atoms with Gasteiger partial charge in [0, 0.05) is 11.8 Å². The second-order valence-corrected chi connectivity index (χ2v) is 8.55. The lowest BCUT2D eigenvalue weighted by molar-refractivity contribution is 0.134. The molecule has 5 heteroatoms. The number of hydrogen-bond donors (Lipinski definition) is 1. The van der Waals surface area contributed by atoms with Crippen molar-refractivity contribution in [2.75, 3.05) is 13.2 Å². The topological polar surface area (TPSA) is 55.8 Å². The Morgan fingerprint density at radius 2 is 1.11 bits per heavy atom. The summed E-state index contributed by atoms with van der Waals surface area (Å²) < 4.78 is 22.9. The van der Waals surface area contributed by atoms with E-state index in [-0.39, 0.29) is 25.0 Å². The van der Waals surface area contributed by atoms with Crippen LogP contribution in [-0.4, -0.2) is 18.1 Å². The maximum atomic E-state index is 12.3. The lowest BCUT2D eigenvalue weighted by Gasteiger charge is -2.21. The zero-order chi connectivity index (χ0) is 19.9. The Bertz CT molecular complexity index is 678. The van der Waals surface area contributed by atoms with Gasteiger partial charge in [0.05, 0.1) is 13.2 Å². The van der Waals surface area contributed by atoms with Crippen molar-refractivity contribution in [3.8, 4) is 0 Å². The van der Waals surface area contributed by atoms with E-state index in [1.165, 1.54) is 11.1 Å². The lowest BCUT2D eigenvalue weighted by atomic mass is 9.97. The summed E-state index contributed by atoms with van der Waals surface area (Å²) in [5, 5.41) is 0. The van der Waals surface area contributed by atoms with E-state index >= 15 is 0 Å². The van der Waals surface area contributed by atoms with Gasteiger partial charge in [0.1, 0.15) is 0 Å². The number of phosphoric ester groups is 1. The van der Waals surface area contributed by atoms with Crippen LogP contribution in [-0.2, 0) is 13.6 Å². The van der Waals surface area contributed by atoms with Gasteiger partial charge in [-0.3, -0.25) is 9.05 Å². The highest BCUT2D eigenvalue weighted by atomic mass is 31.2. The van der Waals surface area contributed by atoms with E-state index in [0.29, 0.717) is 0 Å². The number of hydrogen-bond acceptors (Lipinski definition) is 3. The second-order valence-electron chi connectivity index (χ2n) is 7.09. The van der Waals surface area contributed by atoms with Crippen LogP contribution in [0.1, 0.15) is 60.8 Å². The summed E-state index contributed by atoms with van der Waals surface area (Å²) in [6.45, 7) is 8.48. The molecule has 0 heterocycles. The molecule has 0 aliphatic heterocycles. The second kappa shape index (κ2) is 10.2. The van der Waals surface area contributed by atoms with E-state index in [4.69, 9.17) is 9.05 Å². The van der Waals surface area contributed by atoms with Gasteiger partial charge in [-0.1, -0.05) is 73.5 Å². The number of rotatable bonds is 10. The van der Waals surface area contributed by atoms with Crippen molar-refractivity contribution < 1.29 is 18.5 Å². The standard InChI is InChI=1S/C22H31O4P/c1-5-19(21-11-7-17(3)8-12-21)15-25-27(23,24)26-16-20(6-2)22-13-9-18(4)10-14-22/h7-14,19-20H,5-6,15-16H2,1-4H3,(H,23,24). The van der Waals surface area contributed by atoms with Gasteiger partial charge in [-0.2, -0.15) is 0 Å². The zero-order valence-corrected chi connectivity index (χ0v) is 17.6. The van der Waals surface area contributed by atoms with Crippen molar-refractivity contribution in [1.82, 2.24) is 0 Å². The summed E-state index contributed by atoms with van der Waals surface area (Å²) >= 11 is 0. The molecule has 0 radical (unpaired) electrons. The molecule has 2 unspecified atom stereocenters. The molecule has 0 fully saturated rings. The minimum atomic E-state index is -4.09. The number of aryl methyl sites for hydroxylation is 2. The maximum absolute atomic E-state index is 12.3. The fourth-order valence-electron chi connectivity index (χ4n) is 2.98. The molecule has 0 aliphatic rings. The quantitative estimate of drug-likeness (QED) is 0.496. The SMILES string of the molecule is CCC(COP(=O)(O)OCC(CC)c1ccc(C)cc1)c1ccc(C)cc1. The molecule has 0 aromatic heterocycles. The number of phosphoric acid groups is 1. The summed E-state index contributed by atoms with van der Waals surface area (Å²) in [5.74, 6) is 0.127. The van der Waals surface area contributed by atoms with Crippen molar-refractivity contribution in [2.24, 2.45) is 0 Å². The van der Waals surface area contributed by atoms with Crippen LogP contribution < -0.4 is 0 Å². The van der Waals surface area contributed by atoms with E-state index in [9.17, 15) is 9.46 Å². The van der Waals surface area contributed by atoms with Crippen molar-refractivity contribution in [3.63, 3.8) is 0 Å². The van der Waals surface area contributed by atoms with Crippen LogP contribution in [0.5, 0.6) is 0 Å². The Hall–Kier alpha value is -1.45. The molecule has 0 saturated carbocycles. The summed E-state index contributed by atoms with van der Waals surface area (Å²) in [4.78, 5) is 10.1. The van der Waals surface area contributed by atoms with Crippen molar-refractivity contribution in [1.29, 1.82) is 0 Å². The van der Waals surface area contributed by atoms with Gasteiger partial charge in [-0.15, -0.1) is 0 Å². The van der Waals surface area contributed by atoms with Crippen LogP contribution in [0.4, 0.5) is 0 Å². The van der Waals surface area contributed by atoms with Crippen molar-refractivity contribution in [2.45, 2.75) is 52.4 Å². The van der Waals surface area contributed by atoms with E-state index in [1.54, 1.807) is 0 Å². The lowest BCUT2D eigenvalue weighted by Crippen LogP contribution is -2.10. The first kappa shape index (κ1) is 21.8. The molecule has 1 N–H and O–H groups in total. The van der Waals surface area contributed by atoms with E-state index in [2.05, 4.69) is 0 Å². The first-order valence-corrected chi connectivity index (χ1v) is 11.1. The fraction of sp³-hybridized carbons (Fsp3) is 0.455. The minimum Gasteiger partial charge on any atom is -0.302 e. The van der Waals surface area contributed by atoms with Crippen LogP contribution in [0.2, 0.25) is 0 Å². The molecular formula is C22H31O4P. The van der Waals surface area contributed by atoms with E-state index in [1.807, 2.05) is 76.2 Å². The summed E-state index contributed by atoms with van der Waals surface area (Å²) in [7, 11) is -4.09. The highest BCUT2D eigenvalue weighted by molar-refractivity contribution is 7.47. The molecular weight excluding hydrogens is 359 g/mol. The van der Waals surface area contributed by atoms with Crippen LogP contribution in [0.15, 0.2) is 48.5 Å². The van der Waals surface area contributed by atoms with Crippen LogP contribution >= 0.6 is 7.82 Å². The minimum absolute atomic E-state index is 0.0637. The Kier molecular flexibility index (Phi) is 8.25. The highest BCUT2D eigenvalue weighted by Gasteiger charge is 2.25. The predicted molar refractivity (Wildman–Crippen MR) is 110 cm³/mol. The molecule has 2 aromatic rings. The van der Waals surface area contributed by atoms with Gasteiger partial charge in [-0.25, -0.2) is 4.57 Å². The maximum Gasteiger partial charge on any atom is 0.472 e. The van der Waals surface area contributed by atoms with Gasteiger partial charge < -0.3 is 4.89 Å². The molecule has 2 rings (SSSR count). The Morgan fingerprint density at radius 1 is 0.778 bits per heavy atom. The Balaban J connectivity index is 1.91. The van der Waals surface area contributed by atoms with Gasteiger partial charge in [0.25, 0.3) is 0 Å². The zero-order valence-electron chi connectivity index (χ0n) is 16.7. The Labute approximate surface area is 163 Å². The van der Waals surface area contributed by atoms with Gasteiger partial charge in [0.2, 0.25) is 0 Å². The molecule has 0 amide bonds. The van der Waals surface area contributed by atoms with E-state index < -0.39 is 7.82 Å². The third-order valence-electron chi connectivity index (χ3n) is 4.96. The third-order valence-corrected chi connectivity index (χ3v) is 5.91. The molecule has 4 nitrogen and oxygen atoms in total. The molecule has 27 heavy (non-hydrogen) atoms. The molecule has 2 aromatic carbocycles. The van der Waals surface area contributed by atoms with Gasteiger partial charge in [0.15, 0.2) is 0 Å². The fourth-order valence-corrected chi connectivity index (χ4v) is 3.79. The summed E-state index contributed by atoms with van der Waals surface area (Å²) in [6.07, 6.45) is 1.65. The molecule has 0 spiro atoms. The smallest absolute Gasteiger partial charge is 0.302 e. The van der Waals surface area contributed by atoms with Crippen LogP contribution in [0, 0.1) is 13.8 Å². The van der Waals surface area contributed by atoms with Crippen LogP contribution in [0.3, 0.4) is 0 Å². The van der Waals surface area contributed by atoms with E-state index in [0.717, 1.165) is 24.0 Å². The molecule has 148 valence electrons. The average molecular weight is 390 g/mol.